The van der Waals surface area contributed by atoms with Gasteiger partial charge in [-0.2, -0.15) is 0 Å². The molecule has 4 heteroatoms. The molecule has 2 amide bonds. The fourth-order valence-corrected chi connectivity index (χ4v) is 2.87. The summed E-state index contributed by atoms with van der Waals surface area (Å²) in [6.45, 7) is 19.0. The van der Waals surface area contributed by atoms with Crippen LogP contribution in [-0.4, -0.2) is 24.9 Å². The predicted molar refractivity (Wildman–Crippen MR) is 141 cm³/mol. The van der Waals surface area contributed by atoms with Crippen LogP contribution in [0.3, 0.4) is 0 Å². The molecule has 32 heavy (non-hydrogen) atoms. The van der Waals surface area contributed by atoms with E-state index in [0.717, 1.165) is 50.6 Å². The molecule has 190 valence electrons. The lowest BCUT2D eigenvalue weighted by Gasteiger charge is -2.07. The summed E-state index contributed by atoms with van der Waals surface area (Å²) < 4.78 is 0. The highest BCUT2D eigenvalue weighted by atomic mass is 16.2. The Morgan fingerprint density at radius 2 is 1.09 bits per heavy atom. The fraction of sp³-hybridized carbons (Fsp3) is 0.857. The first-order chi connectivity index (χ1) is 15.0. The van der Waals surface area contributed by atoms with Crippen molar-refractivity contribution < 1.29 is 9.59 Å². The Kier molecular flexibility index (Phi) is 23.5. The highest BCUT2D eigenvalue weighted by Crippen LogP contribution is 2.10. The Bertz CT molecular complexity index is 468. The average molecular weight is 453 g/mol. The van der Waals surface area contributed by atoms with Crippen LogP contribution in [-0.2, 0) is 9.59 Å². The summed E-state index contributed by atoms with van der Waals surface area (Å²) in [5.41, 5.74) is 0. The molecule has 0 unspecified atom stereocenters. The van der Waals surface area contributed by atoms with E-state index < -0.39 is 0 Å². The minimum absolute atomic E-state index is 0.186. The van der Waals surface area contributed by atoms with Crippen LogP contribution in [0, 0.1) is 23.7 Å². The van der Waals surface area contributed by atoms with Crippen LogP contribution in [0.15, 0.2) is 12.2 Å². The number of carbonyl (C=O) groups is 2. The maximum Gasteiger partial charge on any atom is 0.220 e. The van der Waals surface area contributed by atoms with Crippen molar-refractivity contribution in [2.75, 3.05) is 13.1 Å². The molecule has 0 saturated heterocycles. The summed E-state index contributed by atoms with van der Waals surface area (Å²) in [4.78, 5) is 22.7. The lowest BCUT2D eigenvalue weighted by atomic mass is 10.0. The summed E-state index contributed by atoms with van der Waals surface area (Å²) >= 11 is 0. The van der Waals surface area contributed by atoms with Crippen LogP contribution in [0.5, 0.6) is 0 Å². The van der Waals surface area contributed by atoms with Gasteiger partial charge in [-0.1, -0.05) is 93.2 Å². The van der Waals surface area contributed by atoms with Crippen LogP contribution in [0.4, 0.5) is 0 Å². The van der Waals surface area contributed by atoms with Crippen molar-refractivity contribution in [2.24, 2.45) is 23.7 Å². The molecule has 0 fully saturated rings. The van der Waals surface area contributed by atoms with E-state index >= 15 is 0 Å². The van der Waals surface area contributed by atoms with Gasteiger partial charge in [0.05, 0.1) is 0 Å². The highest BCUT2D eigenvalue weighted by molar-refractivity contribution is 5.76. The first-order valence-corrected chi connectivity index (χ1v) is 13.2. The summed E-state index contributed by atoms with van der Waals surface area (Å²) in [6.07, 6.45) is 15.0. The minimum Gasteiger partial charge on any atom is -0.356 e. The number of hydrogen-bond donors (Lipinski definition) is 2. The molecule has 0 aromatic heterocycles. The molecule has 0 aliphatic carbocycles. The van der Waals surface area contributed by atoms with Gasteiger partial charge in [0, 0.05) is 25.9 Å². The maximum absolute atomic E-state index is 11.4. The first kappa shape index (κ1) is 32.9. The molecule has 0 rings (SSSR count). The van der Waals surface area contributed by atoms with Gasteiger partial charge in [-0.15, -0.1) is 0 Å². The molecule has 0 aromatic rings. The second-order valence-electron chi connectivity index (χ2n) is 10.7. The van der Waals surface area contributed by atoms with Gasteiger partial charge in [0.2, 0.25) is 11.8 Å². The molecule has 0 aliphatic rings. The maximum atomic E-state index is 11.4. The zero-order chi connectivity index (χ0) is 24.8. The molecule has 4 nitrogen and oxygen atoms in total. The first-order valence-electron chi connectivity index (χ1n) is 13.2. The van der Waals surface area contributed by atoms with Crippen molar-refractivity contribution in [3.63, 3.8) is 0 Å². The molecule has 0 bridgehead atoms. The quantitative estimate of drug-likeness (QED) is 0.180. The molecule has 0 aliphatic heterocycles. The van der Waals surface area contributed by atoms with E-state index in [2.05, 4.69) is 78.2 Å². The molecular formula is C28H56N2O2. The van der Waals surface area contributed by atoms with E-state index in [1.165, 1.54) is 25.7 Å². The second kappa shape index (κ2) is 22.9. The van der Waals surface area contributed by atoms with Crippen molar-refractivity contribution in [3.05, 3.63) is 12.2 Å². The summed E-state index contributed by atoms with van der Waals surface area (Å²) in [7, 11) is 0. The van der Waals surface area contributed by atoms with Crippen LogP contribution < -0.4 is 10.6 Å². The van der Waals surface area contributed by atoms with Crippen molar-refractivity contribution in [3.8, 4) is 0 Å². The van der Waals surface area contributed by atoms with Crippen LogP contribution in [0.2, 0.25) is 0 Å². The van der Waals surface area contributed by atoms with Gasteiger partial charge < -0.3 is 10.6 Å². The Morgan fingerprint density at radius 1 is 0.594 bits per heavy atom. The van der Waals surface area contributed by atoms with Gasteiger partial charge in [0.15, 0.2) is 0 Å². The molecule has 0 saturated carbocycles. The predicted octanol–water partition coefficient (Wildman–Crippen LogP) is 7.29. The molecule has 0 radical (unpaired) electrons. The van der Waals surface area contributed by atoms with Crippen LogP contribution >= 0.6 is 0 Å². The molecule has 0 spiro atoms. The second-order valence-corrected chi connectivity index (χ2v) is 10.7. The van der Waals surface area contributed by atoms with Crippen molar-refractivity contribution >= 4 is 11.8 Å². The number of amides is 2. The van der Waals surface area contributed by atoms with E-state index in [0.29, 0.717) is 24.7 Å². The van der Waals surface area contributed by atoms with Gasteiger partial charge in [0.25, 0.3) is 0 Å². The zero-order valence-electron chi connectivity index (χ0n) is 22.8. The fourth-order valence-electron chi connectivity index (χ4n) is 2.87. The lowest BCUT2D eigenvalue weighted by Crippen LogP contribution is -2.26. The normalized spacial score (nSPS) is 11.4. The van der Waals surface area contributed by atoms with Crippen molar-refractivity contribution in [1.82, 2.24) is 10.6 Å². The third kappa shape index (κ3) is 30.9. The van der Waals surface area contributed by atoms with E-state index in [-0.39, 0.29) is 11.8 Å². The Labute approximate surface area is 200 Å². The SMILES string of the molecule is CC(C)CC=CCCCC(=O)NCC(C)C.CC(C)CCCCCCC(=O)NCC(C)C. The van der Waals surface area contributed by atoms with E-state index in [9.17, 15) is 9.59 Å². The Morgan fingerprint density at radius 3 is 1.56 bits per heavy atom. The van der Waals surface area contributed by atoms with Crippen molar-refractivity contribution in [1.29, 1.82) is 0 Å². The average Bonchev–Trinajstić information content (AvgIpc) is 2.70. The van der Waals surface area contributed by atoms with Crippen molar-refractivity contribution in [2.45, 2.75) is 120 Å². The third-order valence-corrected chi connectivity index (χ3v) is 4.90. The number of carbonyl (C=O) groups excluding carboxylic acids is 2. The zero-order valence-corrected chi connectivity index (χ0v) is 22.8. The largest absolute Gasteiger partial charge is 0.356 e. The Hall–Kier alpha value is -1.32. The van der Waals surface area contributed by atoms with Gasteiger partial charge in [-0.25, -0.2) is 0 Å². The number of allylic oxidation sites excluding steroid dienone is 2. The van der Waals surface area contributed by atoms with Gasteiger partial charge in [-0.3, -0.25) is 9.59 Å². The molecule has 0 aromatic carbocycles. The molecule has 0 heterocycles. The van der Waals surface area contributed by atoms with E-state index in [4.69, 9.17) is 0 Å². The summed E-state index contributed by atoms with van der Waals surface area (Å²) in [6, 6.07) is 0. The van der Waals surface area contributed by atoms with Crippen LogP contribution in [0.1, 0.15) is 120 Å². The standard InChI is InChI=1S/C14H29NO.C14H27NO/c2*1-12(2)9-7-5-6-8-10-14(16)15-11-13(3)4/h12-13H,5-11H2,1-4H3,(H,15,16);5,7,12-13H,6,8-11H2,1-4H3,(H,15,16). The Balaban J connectivity index is 0. The van der Waals surface area contributed by atoms with Crippen LogP contribution in [0.25, 0.3) is 0 Å². The van der Waals surface area contributed by atoms with Gasteiger partial charge in [-0.05, 0) is 49.4 Å². The molecular weight excluding hydrogens is 396 g/mol. The number of rotatable bonds is 17. The third-order valence-electron chi connectivity index (χ3n) is 4.90. The number of hydrogen-bond acceptors (Lipinski definition) is 2. The van der Waals surface area contributed by atoms with Gasteiger partial charge in [0.1, 0.15) is 0 Å². The lowest BCUT2D eigenvalue weighted by molar-refractivity contribution is -0.122. The monoisotopic (exact) mass is 452 g/mol. The summed E-state index contributed by atoms with van der Waals surface area (Å²) in [5.74, 6) is 3.04. The topological polar surface area (TPSA) is 58.2 Å². The highest BCUT2D eigenvalue weighted by Gasteiger charge is 2.02. The number of unbranched alkanes of at least 4 members (excludes halogenated alkanes) is 4. The van der Waals surface area contributed by atoms with E-state index in [1.807, 2.05) is 0 Å². The van der Waals surface area contributed by atoms with E-state index in [1.54, 1.807) is 0 Å². The van der Waals surface area contributed by atoms with Gasteiger partial charge >= 0.3 is 0 Å². The summed E-state index contributed by atoms with van der Waals surface area (Å²) in [5, 5.41) is 5.88. The molecule has 2 N–H and O–H groups in total. The smallest absolute Gasteiger partial charge is 0.220 e. The minimum atomic E-state index is 0.186. The molecule has 0 atom stereocenters. The number of nitrogens with one attached hydrogen (secondary N) is 2.